The molecular weight excluding hydrogens is 308 g/mol. The number of halogens is 3. The Kier molecular flexibility index (Phi) is 6.36. The van der Waals surface area contributed by atoms with Gasteiger partial charge >= 0.3 is 12.6 Å². The quantitative estimate of drug-likeness (QED) is 0.809. The third kappa shape index (κ3) is 5.95. The minimum absolute atomic E-state index is 0.114. The van der Waals surface area contributed by atoms with Gasteiger partial charge in [0.2, 0.25) is 0 Å². The Morgan fingerprint density at radius 3 is 2.67 bits per heavy atom. The second-order valence-corrected chi connectivity index (χ2v) is 4.76. The van der Waals surface area contributed by atoms with Gasteiger partial charge in [0.1, 0.15) is 5.75 Å². The molecule has 0 aliphatic rings. The first kappa shape index (κ1) is 17.2. The predicted octanol–water partition coefficient (Wildman–Crippen LogP) is 2.92. The fourth-order valence-corrected chi connectivity index (χ4v) is 1.76. The Morgan fingerprint density at radius 2 is 2.10 bits per heavy atom. The Morgan fingerprint density at radius 1 is 1.43 bits per heavy atom. The van der Waals surface area contributed by atoms with Gasteiger partial charge in [-0.15, -0.1) is 0 Å². The molecule has 2 N–H and O–H groups in total. The first-order valence-corrected chi connectivity index (χ1v) is 6.44. The van der Waals surface area contributed by atoms with Crippen molar-refractivity contribution < 1.29 is 28.2 Å². The molecule has 1 unspecified atom stereocenters. The largest absolute Gasteiger partial charge is 0.481 e. The highest BCUT2D eigenvalue weighted by Gasteiger charge is 2.18. The molecule has 0 aliphatic carbocycles. The lowest BCUT2D eigenvalue weighted by Crippen LogP contribution is -2.33. The predicted molar refractivity (Wildman–Crippen MR) is 71.9 cm³/mol. The molecule has 1 aromatic rings. The molecule has 0 saturated heterocycles. The normalized spacial score (nSPS) is 12.0. The van der Waals surface area contributed by atoms with Crippen LogP contribution in [0.1, 0.15) is 30.1 Å². The molecule has 0 radical (unpaired) electrons. The van der Waals surface area contributed by atoms with Crippen LogP contribution in [0, 0.1) is 0 Å². The molecule has 0 heterocycles. The first-order valence-electron chi connectivity index (χ1n) is 6.06. The minimum Gasteiger partial charge on any atom is -0.481 e. The van der Waals surface area contributed by atoms with E-state index in [1.165, 1.54) is 18.2 Å². The van der Waals surface area contributed by atoms with Gasteiger partial charge in [-0.05, 0) is 31.5 Å². The average Bonchev–Trinajstić information content (AvgIpc) is 2.37. The summed E-state index contributed by atoms with van der Waals surface area (Å²) in [6, 6.07) is 3.26. The van der Waals surface area contributed by atoms with Crippen molar-refractivity contribution in [1.29, 1.82) is 0 Å². The summed E-state index contributed by atoms with van der Waals surface area (Å²) in [5.74, 6) is -1.94. The van der Waals surface area contributed by atoms with Crippen LogP contribution in [0.4, 0.5) is 8.78 Å². The summed E-state index contributed by atoms with van der Waals surface area (Å²) in [5.41, 5.74) is -0.134. The third-order valence-electron chi connectivity index (χ3n) is 2.57. The van der Waals surface area contributed by atoms with E-state index in [-0.39, 0.29) is 29.2 Å². The zero-order valence-corrected chi connectivity index (χ0v) is 11.9. The van der Waals surface area contributed by atoms with E-state index in [4.69, 9.17) is 16.7 Å². The van der Waals surface area contributed by atoms with E-state index in [2.05, 4.69) is 10.1 Å². The second-order valence-electron chi connectivity index (χ2n) is 4.33. The van der Waals surface area contributed by atoms with Gasteiger partial charge in [0.25, 0.3) is 5.91 Å². The number of hydrogen-bond donors (Lipinski definition) is 2. The Balaban J connectivity index is 2.80. The molecule has 1 atom stereocenters. The molecule has 0 saturated carbocycles. The monoisotopic (exact) mass is 321 g/mol. The van der Waals surface area contributed by atoms with Crippen molar-refractivity contribution in [2.75, 3.05) is 0 Å². The fraction of sp³-hybridized carbons (Fsp3) is 0.385. The molecule has 0 aromatic heterocycles. The van der Waals surface area contributed by atoms with Gasteiger partial charge in [0.15, 0.2) is 0 Å². The van der Waals surface area contributed by atoms with Crippen LogP contribution < -0.4 is 10.1 Å². The summed E-state index contributed by atoms with van der Waals surface area (Å²) in [7, 11) is 0. The number of ether oxygens (including phenoxy) is 1. The SMILES string of the molecule is CC(CCC(=O)O)NC(=O)c1cc(Cl)ccc1OC(F)F. The van der Waals surface area contributed by atoms with E-state index in [1.54, 1.807) is 6.92 Å². The Hall–Kier alpha value is -1.89. The van der Waals surface area contributed by atoms with Crippen molar-refractivity contribution in [2.45, 2.75) is 32.4 Å². The van der Waals surface area contributed by atoms with Crippen LogP contribution in [0.15, 0.2) is 18.2 Å². The van der Waals surface area contributed by atoms with Crippen molar-refractivity contribution in [3.8, 4) is 5.75 Å². The topological polar surface area (TPSA) is 75.6 Å². The van der Waals surface area contributed by atoms with Gasteiger partial charge in [-0.3, -0.25) is 9.59 Å². The zero-order valence-electron chi connectivity index (χ0n) is 11.1. The van der Waals surface area contributed by atoms with E-state index in [9.17, 15) is 18.4 Å². The molecule has 0 aliphatic heterocycles. The molecular formula is C13H14ClF2NO4. The van der Waals surface area contributed by atoms with E-state index in [1.807, 2.05) is 0 Å². The number of rotatable bonds is 7. The minimum atomic E-state index is -3.07. The van der Waals surface area contributed by atoms with Crippen LogP contribution in [0.2, 0.25) is 5.02 Å². The van der Waals surface area contributed by atoms with Crippen LogP contribution in [0.5, 0.6) is 5.75 Å². The van der Waals surface area contributed by atoms with Gasteiger partial charge < -0.3 is 15.2 Å². The van der Waals surface area contributed by atoms with Crippen LogP contribution in [-0.4, -0.2) is 29.6 Å². The first-order chi connectivity index (χ1) is 9.79. The number of carboxylic acid groups (broad SMARTS) is 1. The molecule has 0 spiro atoms. The summed E-state index contributed by atoms with van der Waals surface area (Å²) >= 11 is 5.74. The lowest BCUT2D eigenvalue weighted by molar-refractivity contribution is -0.137. The lowest BCUT2D eigenvalue weighted by atomic mass is 10.1. The summed E-state index contributed by atoms with van der Waals surface area (Å²) in [4.78, 5) is 22.5. The van der Waals surface area contributed by atoms with E-state index >= 15 is 0 Å². The lowest BCUT2D eigenvalue weighted by Gasteiger charge is -2.15. The smallest absolute Gasteiger partial charge is 0.387 e. The molecule has 21 heavy (non-hydrogen) atoms. The highest BCUT2D eigenvalue weighted by Crippen LogP contribution is 2.24. The molecule has 0 bridgehead atoms. The molecule has 0 fully saturated rings. The number of aliphatic carboxylic acids is 1. The van der Waals surface area contributed by atoms with Crippen molar-refractivity contribution >= 4 is 23.5 Å². The zero-order chi connectivity index (χ0) is 16.0. The number of benzene rings is 1. The van der Waals surface area contributed by atoms with Crippen LogP contribution >= 0.6 is 11.6 Å². The fourth-order valence-electron chi connectivity index (χ4n) is 1.59. The van der Waals surface area contributed by atoms with E-state index in [0.717, 1.165) is 0 Å². The van der Waals surface area contributed by atoms with E-state index in [0.29, 0.717) is 0 Å². The number of amides is 1. The van der Waals surface area contributed by atoms with Crippen molar-refractivity contribution in [3.05, 3.63) is 28.8 Å². The number of hydrogen-bond acceptors (Lipinski definition) is 3. The summed E-state index contributed by atoms with van der Waals surface area (Å²) in [5, 5.41) is 11.3. The number of carbonyl (C=O) groups is 2. The van der Waals surface area contributed by atoms with Gasteiger partial charge in [-0.1, -0.05) is 11.6 Å². The van der Waals surface area contributed by atoms with Crippen molar-refractivity contribution in [2.24, 2.45) is 0 Å². The molecule has 5 nitrogen and oxygen atoms in total. The van der Waals surface area contributed by atoms with Gasteiger partial charge in [0.05, 0.1) is 5.56 Å². The Bertz CT molecular complexity index is 525. The highest BCUT2D eigenvalue weighted by molar-refractivity contribution is 6.31. The summed E-state index contributed by atoms with van der Waals surface area (Å²) in [6.07, 6.45) is 0.101. The Labute approximate surface area is 124 Å². The third-order valence-corrected chi connectivity index (χ3v) is 2.81. The van der Waals surface area contributed by atoms with Crippen molar-refractivity contribution in [3.63, 3.8) is 0 Å². The summed E-state index contributed by atoms with van der Waals surface area (Å²) in [6.45, 7) is -1.46. The van der Waals surface area contributed by atoms with Crippen LogP contribution in [0.25, 0.3) is 0 Å². The molecule has 1 aromatic carbocycles. The molecule has 116 valence electrons. The number of carboxylic acids is 1. The van der Waals surface area contributed by atoms with Crippen LogP contribution in [0.3, 0.4) is 0 Å². The molecule has 1 rings (SSSR count). The average molecular weight is 322 g/mol. The number of carbonyl (C=O) groups excluding carboxylic acids is 1. The second kappa shape index (κ2) is 7.78. The molecule has 8 heteroatoms. The maximum atomic E-state index is 12.3. The maximum Gasteiger partial charge on any atom is 0.387 e. The standard InChI is InChI=1S/C13H14ClF2NO4/c1-7(2-5-11(18)19)17-12(20)9-6-8(14)3-4-10(9)21-13(15)16/h3-4,6-7,13H,2,5H2,1H3,(H,17,20)(H,18,19). The highest BCUT2D eigenvalue weighted by atomic mass is 35.5. The van der Waals surface area contributed by atoms with Crippen molar-refractivity contribution in [1.82, 2.24) is 5.32 Å². The van der Waals surface area contributed by atoms with Gasteiger partial charge in [0, 0.05) is 17.5 Å². The van der Waals surface area contributed by atoms with Gasteiger partial charge in [-0.2, -0.15) is 8.78 Å². The number of alkyl halides is 2. The van der Waals surface area contributed by atoms with Crippen LogP contribution in [-0.2, 0) is 4.79 Å². The van der Waals surface area contributed by atoms with Gasteiger partial charge in [-0.25, -0.2) is 0 Å². The summed E-state index contributed by atoms with van der Waals surface area (Å²) < 4.78 is 28.8. The number of nitrogens with one attached hydrogen (secondary N) is 1. The van der Waals surface area contributed by atoms with E-state index < -0.39 is 24.5 Å². The molecule has 1 amide bonds. The maximum absolute atomic E-state index is 12.3.